The third-order valence-corrected chi connectivity index (χ3v) is 5.00. The Morgan fingerprint density at radius 3 is 2.50 bits per heavy atom. The van der Waals surface area contributed by atoms with Crippen molar-refractivity contribution in [2.45, 2.75) is 26.3 Å². The topological polar surface area (TPSA) is 83.1 Å². The molecule has 1 aromatic heterocycles. The van der Waals surface area contributed by atoms with Crippen LogP contribution in [0.1, 0.15) is 35.9 Å². The number of benzene rings is 2. The Kier molecular flexibility index (Phi) is 6.36. The third-order valence-electron chi connectivity index (χ3n) is 4.47. The number of fused-ring (bicyclic) bond motifs is 1. The lowest BCUT2D eigenvalue weighted by molar-refractivity contribution is -0.131. The van der Waals surface area contributed by atoms with E-state index in [0.717, 1.165) is 4.47 Å². The number of ketones is 1. The molecule has 3 rings (SSSR count). The molecule has 0 unspecified atom stereocenters. The van der Waals surface area contributed by atoms with Crippen LogP contribution in [0.3, 0.4) is 0 Å². The summed E-state index contributed by atoms with van der Waals surface area (Å²) >= 11 is 3.33. The number of para-hydroxylation sites is 1. The van der Waals surface area contributed by atoms with Crippen molar-refractivity contribution in [2.24, 2.45) is 0 Å². The smallest absolute Gasteiger partial charge is 0.258 e. The van der Waals surface area contributed by atoms with Gasteiger partial charge in [-0.1, -0.05) is 40.2 Å². The van der Waals surface area contributed by atoms with Gasteiger partial charge in [-0.2, -0.15) is 0 Å². The Labute approximate surface area is 170 Å². The summed E-state index contributed by atoms with van der Waals surface area (Å²) in [4.78, 5) is 45.8. The number of rotatable bonds is 7. The number of H-pyrrole nitrogens is 1. The maximum Gasteiger partial charge on any atom is 0.258 e. The number of hydrogen-bond acceptors (Lipinski definition) is 4. The lowest BCUT2D eigenvalue weighted by Gasteiger charge is -2.20. The monoisotopic (exact) mass is 441 g/mol. The van der Waals surface area contributed by atoms with Crippen molar-refractivity contribution in [3.63, 3.8) is 0 Å². The summed E-state index contributed by atoms with van der Waals surface area (Å²) in [6.07, 6.45) is 0.249. The van der Waals surface area contributed by atoms with E-state index in [2.05, 4.69) is 25.9 Å². The van der Waals surface area contributed by atoms with E-state index in [4.69, 9.17) is 0 Å². The van der Waals surface area contributed by atoms with Crippen LogP contribution in [-0.2, 0) is 11.3 Å². The summed E-state index contributed by atoms with van der Waals surface area (Å²) in [7, 11) is 0. The van der Waals surface area contributed by atoms with Crippen LogP contribution in [0.4, 0.5) is 0 Å². The van der Waals surface area contributed by atoms with E-state index in [1.165, 1.54) is 0 Å². The van der Waals surface area contributed by atoms with Crippen molar-refractivity contribution in [1.29, 1.82) is 0 Å². The largest absolute Gasteiger partial charge is 0.335 e. The molecule has 3 aromatic rings. The molecule has 0 saturated carbocycles. The zero-order valence-corrected chi connectivity index (χ0v) is 17.0. The first-order valence-corrected chi connectivity index (χ1v) is 9.81. The van der Waals surface area contributed by atoms with Gasteiger partial charge in [0.05, 0.1) is 17.4 Å². The number of nitrogens with zero attached hydrogens (tertiary/aromatic N) is 2. The maximum atomic E-state index is 12.6. The number of hydrogen-bond donors (Lipinski definition) is 1. The molecule has 144 valence electrons. The SMILES string of the molecule is CCN(Cc1nc2ccccc2c(=O)[nH]1)C(=O)CCC(=O)c1ccc(Br)cc1. The highest BCUT2D eigenvalue weighted by molar-refractivity contribution is 9.10. The molecule has 0 aliphatic carbocycles. The van der Waals surface area contributed by atoms with Gasteiger partial charge in [-0.3, -0.25) is 14.4 Å². The Morgan fingerprint density at radius 2 is 1.79 bits per heavy atom. The molecule has 28 heavy (non-hydrogen) atoms. The summed E-state index contributed by atoms with van der Waals surface area (Å²) in [5.74, 6) is 0.205. The second-order valence-electron chi connectivity index (χ2n) is 6.37. The van der Waals surface area contributed by atoms with E-state index >= 15 is 0 Å². The van der Waals surface area contributed by atoms with Gasteiger partial charge in [0.25, 0.3) is 5.56 Å². The van der Waals surface area contributed by atoms with Crippen LogP contribution in [0.5, 0.6) is 0 Å². The number of amides is 1. The molecule has 0 atom stereocenters. The van der Waals surface area contributed by atoms with E-state index in [9.17, 15) is 14.4 Å². The molecule has 2 aromatic carbocycles. The highest BCUT2D eigenvalue weighted by atomic mass is 79.9. The zero-order valence-electron chi connectivity index (χ0n) is 15.4. The average molecular weight is 442 g/mol. The number of aromatic amines is 1. The van der Waals surface area contributed by atoms with Crippen molar-refractivity contribution in [1.82, 2.24) is 14.9 Å². The molecule has 1 N–H and O–H groups in total. The Bertz CT molecular complexity index is 1060. The third kappa shape index (κ3) is 4.72. The first-order valence-electron chi connectivity index (χ1n) is 9.02. The summed E-state index contributed by atoms with van der Waals surface area (Å²) in [6, 6.07) is 14.1. The molecule has 7 heteroatoms. The van der Waals surface area contributed by atoms with Crippen molar-refractivity contribution < 1.29 is 9.59 Å². The van der Waals surface area contributed by atoms with E-state index in [-0.39, 0.29) is 36.6 Å². The molecule has 0 aliphatic heterocycles. The van der Waals surface area contributed by atoms with Crippen LogP contribution in [0.15, 0.2) is 57.8 Å². The van der Waals surface area contributed by atoms with Gasteiger partial charge in [-0.05, 0) is 31.2 Å². The molecule has 1 amide bonds. The van der Waals surface area contributed by atoms with Gasteiger partial charge in [0.1, 0.15) is 5.82 Å². The van der Waals surface area contributed by atoms with Crippen molar-refractivity contribution in [3.05, 3.63) is 74.7 Å². The highest BCUT2D eigenvalue weighted by Gasteiger charge is 2.16. The lowest BCUT2D eigenvalue weighted by Crippen LogP contribution is -2.32. The Balaban J connectivity index is 1.66. The number of halogens is 1. The minimum atomic E-state index is -0.227. The number of aromatic nitrogens is 2. The lowest BCUT2D eigenvalue weighted by atomic mass is 10.1. The number of carbonyl (C=O) groups is 2. The molecule has 0 saturated heterocycles. The van der Waals surface area contributed by atoms with Gasteiger partial charge in [-0.25, -0.2) is 4.98 Å². The van der Waals surface area contributed by atoms with Crippen LogP contribution in [0.25, 0.3) is 10.9 Å². The van der Waals surface area contributed by atoms with Gasteiger partial charge >= 0.3 is 0 Å². The van der Waals surface area contributed by atoms with Gasteiger partial charge in [0.2, 0.25) is 5.91 Å². The predicted octanol–water partition coefficient (Wildman–Crippen LogP) is 3.70. The maximum absolute atomic E-state index is 12.6. The molecule has 1 heterocycles. The number of nitrogens with one attached hydrogen (secondary N) is 1. The van der Waals surface area contributed by atoms with Crippen molar-refractivity contribution >= 4 is 38.5 Å². The molecular weight excluding hydrogens is 422 g/mol. The minimum absolute atomic E-state index is 0.0749. The average Bonchev–Trinajstić information content (AvgIpc) is 2.70. The summed E-state index contributed by atoms with van der Waals surface area (Å²) in [5.41, 5.74) is 0.948. The Hall–Kier alpha value is -2.80. The van der Waals surface area contributed by atoms with Gasteiger partial charge in [0, 0.05) is 29.4 Å². The van der Waals surface area contributed by atoms with Crippen molar-refractivity contribution in [2.75, 3.05) is 6.54 Å². The first-order chi connectivity index (χ1) is 13.5. The Morgan fingerprint density at radius 1 is 1.07 bits per heavy atom. The fourth-order valence-corrected chi connectivity index (χ4v) is 3.19. The molecule has 0 fully saturated rings. The first kappa shape index (κ1) is 19.9. The summed E-state index contributed by atoms with van der Waals surface area (Å²) in [6.45, 7) is 2.51. The second-order valence-corrected chi connectivity index (χ2v) is 7.28. The quantitative estimate of drug-likeness (QED) is 0.566. The van der Waals surface area contributed by atoms with E-state index < -0.39 is 0 Å². The van der Waals surface area contributed by atoms with Gasteiger partial charge in [-0.15, -0.1) is 0 Å². The fourth-order valence-electron chi connectivity index (χ4n) is 2.93. The normalized spacial score (nSPS) is 10.8. The summed E-state index contributed by atoms with van der Waals surface area (Å²) in [5, 5.41) is 0.515. The molecule has 0 radical (unpaired) electrons. The van der Waals surface area contributed by atoms with Gasteiger partial charge < -0.3 is 9.88 Å². The summed E-state index contributed by atoms with van der Waals surface area (Å²) < 4.78 is 0.897. The molecule has 6 nitrogen and oxygen atoms in total. The predicted molar refractivity (Wildman–Crippen MR) is 111 cm³/mol. The van der Waals surface area contributed by atoms with Crippen molar-refractivity contribution in [3.8, 4) is 0 Å². The molecule has 0 aliphatic rings. The van der Waals surface area contributed by atoms with Crippen LogP contribution < -0.4 is 5.56 Å². The van der Waals surface area contributed by atoms with Crippen LogP contribution in [0.2, 0.25) is 0 Å². The van der Waals surface area contributed by atoms with E-state index in [1.54, 1.807) is 47.4 Å². The minimum Gasteiger partial charge on any atom is -0.335 e. The van der Waals surface area contributed by atoms with Crippen LogP contribution in [0, 0.1) is 0 Å². The highest BCUT2D eigenvalue weighted by Crippen LogP contribution is 2.14. The van der Waals surface area contributed by atoms with Crippen LogP contribution in [-0.4, -0.2) is 33.1 Å². The van der Waals surface area contributed by atoms with E-state index in [0.29, 0.717) is 28.8 Å². The standard InChI is InChI=1S/C21H20BrN3O3/c1-2-25(13-19-23-17-6-4-3-5-16(17)21(28)24-19)20(27)12-11-18(26)14-7-9-15(22)10-8-14/h3-10H,2,11-13H2,1H3,(H,23,24,28). The second kappa shape index (κ2) is 8.93. The number of carbonyl (C=O) groups excluding carboxylic acids is 2. The van der Waals surface area contributed by atoms with E-state index in [1.807, 2.05) is 13.0 Å². The fraction of sp³-hybridized carbons (Fsp3) is 0.238. The number of Topliss-reactive ketones (excluding diaryl/α,β-unsaturated/α-hetero) is 1. The molecular formula is C21H20BrN3O3. The zero-order chi connectivity index (χ0) is 20.1. The molecule has 0 spiro atoms. The van der Waals surface area contributed by atoms with Gasteiger partial charge in [0.15, 0.2) is 5.78 Å². The van der Waals surface area contributed by atoms with Crippen LogP contribution >= 0.6 is 15.9 Å². The molecule has 0 bridgehead atoms.